The van der Waals surface area contributed by atoms with E-state index in [1.807, 2.05) is 12.1 Å². The molecule has 0 saturated carbocycles. The lowest BCUT2D eigenvalue weighted by molar-refractivity contribution is 0.0520. The smallest absolute Gasteiger partial charge is 0.361 e. The molecule has 2 aromatic rings. The molecule has 0 atom stereocenters. The van der Waals surface area contributed by atoms with Crippen LogP contribution in [0.1, 0.15) is 17.4 Å². The molecule has 1 aromatic heterocycles. The normalized spacial score (nSPS) is 15.7. The highest BCUT2D eigenvalue weighted by Crippen LogP contribution is 2.24. The third-order valence-electron chi connectivity index (χ3n) is 4.03. The van der Waals surface area contributed by atoms with Gasteiger partial charge in [-0.15, -0.1) is 5.10 Å². The lowest BCUT2D eigenvalue weighted by Gasteiger charge is -2.34. The number of likely N-dealkylation sites (N-methyl/N-ethyl adjacent to an activating group) is 1. The summed E-state index contributed by atoms with van der Waals surface area (Å²) in [5.41, 5.74) is 2.77. The zero-order valence-corrected chi connectivity index (χ0v) is 13.5. The third kappa shape index (κ3) is 3.34. The summed E-state index contributed by atoms with van der Waals surface area (Å²) in [5.74, 6) is -0.459. The van der Waals surface area contributed by atoms with E-state index in [-0.39, 0.29) is 5.69 Å². The molecule has 0 aliphatic carbocycles. The number of piperazine rings is 1. The number of nitrogens with zero attached hydrogens (tertiary/aromatic N) is 4. The molecule has 1 saturated heterocycles. The first-order valence-corrected chi connectivity index (χ1v) is 7.81. The SMILES string of the molecule is CCOC(=O)c1n[nH]nc1-c1ccc(N2CCN(C)CC2)cc1. The minimum atomic E-state index is -0.459. The largest absolute Gasteiger partial charge is 0.461 e. The maximum atomic E-state index is 11.9. The second-order valence-electron chi connectivity index (χ2n) is 5.58. The van der Waals surface area contributed by atoms with Crippen LogP contribution >= 0.6 is 0 Å². The van der Waals surface area contributed by atoms with Gasteiger partial charge in [-0.1, -0.05) is 12.1 Å². The zero-order chi connectivity index (χ0) is 16.2. The molecule has 122 valence electrons. The van der Waals surface area contributed by atoms with Gasteiger partial charge in [-0.25, -0.2) is 4.79 Å². The Bertz CT molecular complexity index is 659. The number of H-pyrrole nitrogens is 1. The average Bonchev–Trinajstić information content (AvgIpc) is 3.06. The van der Waals surface area contributed by atoms with Gasteiger partial charge in [0.25, 0.3) is 0 Å². The molecule has 2 heterocycles. The molecule has 1 aliphatic heterocycles. The van der Waals surface area contributed by atoms with Crippen molar-refractivity contribution in [2.75, 3.05) is 44.7 Å². The van der Waals surface area contributed by atoms with Crippen LogP contribution in [0.5, 0.6) is 0 Å². The van der Waals surface area contributed by atoms with E-state index in [2.05, 4.69) is 44.4 Å². The number of nitrogens with one attached hydrogen (secondary N) is 1. The molecule has 0 unspecified atom stereocenters. The molecule has 7 heteroatoms. The van der Waals surface area contributed by atoms with Gasteiger partial charge in [-0.05, 0) is 26.1 Å². The predicted molar refractivity (Wildman–Crippen MR) is 87.5 cm³/mol. The first-order valence-electron chi connectivity index (χ1n) is 7.81. The Kier molecular flexibility index (Phi) is 4.57. The van der Waals surface area contributed by atoms with Crippen molar-refractivity contribution in [1.29, 1.82) is 0 Å². The van der Waals surface area contributed by atoms with Crippen molar-refractivity contribution in [1.82, 2.24) is 20.3 Å². The number of esters is 1. The van der Waals surface area contributed by atoms with E-state index >= 15 is 0 Å². The molecule has 1 aliphatic rings. The number of ether oxygens (including phenoxy) is 1. The summed E-state index contributed by atoms with van der Waals surface area (Å²) in [6.45, 7) is 6.26. The highest BCUT2D eigenvalue weighted by Gasteiger charge is 2.19. The number of carbonyl (C=O) groups is 1. The summed E-state index contributed by atoms with van der Waals surface area (Å²) in [7, 11) is 2.14. The molecule has 0 bridgehead atoms. The lowest BCUT2D eigenvalue weighted by atomic mass is 10.1. The van der Waals surface area contributed by atoms with Crippen molar-refractivity contribution in [2.24, 2.45) is 0 Å². The molecule has 1 fully saturated rings. The van der Waals surface area contributed by atoms with Gasteiger partial charge in [-0.2, -0.15) is 10.3 Å². The monoisotopic (exact) mass is 315 g/mol. The van der Waals surface area contributed by atoms with Gasteiger partial charge in [0, 0.05) is 37.4 Å². The van der Waals surface area contributed by atoms with Crippen LogP contribution in [0.3, 0.4) is 0 Å². The van der Waals surface area contributed by atoms with E-state index in [0.717, 1.165) is 31.7 Å². The van der Waals surface area contributed by atoms with Gasteiger partial charge in [0.05, 0.1) is 6.61 Å². The highest BCUT2D eigenvalue weighted by molar-refractivity contribution is 5.93. The Morgan fingerprint density at radius 1 is 1.17 bits per heavy atom. The molecule has 23 heavy (non-hydrogen) atoms. The average molecular weight is 315 g/mol. The van der Waals surface area contributed by atoms with Crippen molar-refractivity contribution in [3.05, 3.63) is 30.0 Å². The van der Waals surface area contributed by atoms with Crippen LogP contribution in [0.2, 0.25) is 0 Å². The van der Waals surface area contributed by atoms with Gasteiger partial charge >= 0.3 is 5.97 Å². The van der Waals surface area contributed by atoms with Crippen LogP contribution in [0.4, 0.5) is 5.69 Å². The van der Waals surface area contributed by atoms with E-state index in [1.165, 1.54) is 5.69 Å². The lowest BCUT2D eigenvalue weighted by Crippen LogP contribution is -2.44. The van der Waals surface area contributed by atoms with Gasteiger partial charge in [0.15, 0.2) is 5.69 Å². The van der Waals surface area contributed by atoms with Crippen LogP contribution in [0.25, 0.3) is 11.3 Å². The minimum absolute atomic E-state index is 0.221. The Morgan fingerprint density at radius 2 is 1.87 bits per heavy atom. The van der Waals surface area contributed by atoms with Crippen LogP contribution in [-0.4, -0.2) is 66.1 Å². The summed E-state index contributed by atoms with van der Waals surface area (Å²) < 4.78 is 5.00. The number of benzene rings is 1. The summed E-state index contributed by atoms with van der Waals surface area (Å²) in [4.78, 5) is 16.6. The van der Waals surface area contributed by atoms with Crippen LogP contribution < -0.4 is 4.90 Å². The fourth-order valence-electron chi connectivity index (χ4n) is 2.67. The second-order valence-corrected chi connectivity index (χ2v) is 5.58. The molecule has 3 rings (SSSR count). The maximum Gasteiger partial charge on any atom is 0.361 e. The number of carbonyl (C=O) groups excluding carboxylic acids is 1. The molecule has 7 nitrogen and oxygen atoms in total. The number of anilines is 1. The number of rotatable bonds is 4. The number of hydrogen-bond acceptors (Lipinski definition) is 6. The predicted octanol–water partition coefficient (Wildman–Crippen LogP) is 1.40. The van der Waals surface area contributed by atoms with Gasteiger partial charge in [-0.3, -0.25) is 0 Å². The van der Waals surface area contributed by atoms with Crippen LogP contribution in [-0.2, 0) is 4.74 Å². The Morgan fingerprint density at radius 3 is 2.52 bits per heavy atom. The van der Waals surface area contributed by atoms with E-state index in [0.29, 0.717) is 12.3 Å². The summed E-state index contributed by atoms with van der Waals surface area (Å²) in [5, 5.41) is 10.5. The molecule has 0 radical (unpaired) electrons. The minimum Gasteiger partial charge on any atom is -0.461 e. The van der Waals surface area contributed by atoms with Crippen molar-refractivity contribution in [3.8, 4) is 11.3 Å². The maximum absolute atomic E-state index is 11.9. The quantitative estimate of drug-likeness (QED) is 0.860. The second kappa shape index (κ2) is 6.78. The first kappa shape index (κ1) is 15.5. The van der Waals surface area contributed by atoms with Crippen molar-refractivity contribution >= 4 is 11.7 Å². The fourth-order valence-corrected chi connectivity index (χ4v) is 2.67. The van der Waals surface area contributed by atoms with Gasteiger partial charge < -0.3 is 14.5 Å². The third-order valence-corrected chi connectivity index (χ3v) is 4.03. The zero-order valence-electron chi connectivity index (χ0n) is 13.5. The van der Waals surface area contributed by atoms with E-state index in [4.69, 9.17) is 4.74 Å². The van der Waals surface area contributed by atoms with E-state index in [1.54, 1.807) is 6.92 Å². The highest BCUT2D eigenvalue weighted by atomic mass is 16.5. The molecule has 0 amide bonds. The van der Waals surface area contributed by atoms with Crippen molar-refractivity contribution in [3.63, 3.8) is 0 Å². The Balaban J connectivity index is 1.78. The number of aromatic nitrogens is 3. The van der Waals surface area contributed by atoms with Crippen LogP contribution in [0.15, 0.2) is 24.3 Å². The van der Waals surface area contributed by atoms with Gasteiger partial charge in [0.1, 0.15) is 5.69 Å². The standard InChI is InChI=1S/C16H21N5O2/c1-3-23-16(22)15-14(17-19-18-15)12-4-6-13(7-5-12)21-10-8-20(2)9-11-21/h4-7H,3,8-11H2,1-2H3,(H,17,18,19). The molecule has 1 aromatic carbocycles. The van der Waals surface area contributed by atoms with Crippen LogP contribution in [0, 0.1) is 0 Å². The molecular formula is C16H21N5O2. The van der Waals surface area contributed by atoms with Crippen molar-refractivity contribution in [2.45, 2.75) is 6.92 Å². The topological polar surface area (TPSA) is 74.3 Å². The Labute approximate surface area is 135 Å². The first-order chi connectivity index (χ1) is 11.2. The molecule has 1 N–H and O–H groups in total. The van der Waals surface area contributed by atoms with Crippen molar-refractivity contribution < 1.29 is 9.53 Å². The van der Waals surface area contributed by atoms with E-state index < -0.39 is 5.97 Å². The fraction of sp³-hybridized carbons (Fsp3) is 0.438. The number of hydrogen-bond donors (Lipinski definition) is 1. The summed E-state index contributed by atoms with van der Waals surface area (Å²) in [6, 6.07) is 8.05. The summed E-state index contributed by atoms with van der Waals surface area (Å²) >= 11 is 0. The number of aromatic amines is 1. The Hall–Kier alpha value is -2.41. The molecule has 0 spiro atoms. The van der Waals surface area contributed by atoms with E-state index in [9.17, 15) is 4.79 Å². The molecular weight excluding hydrogens is 294 g/mol. The summed E-state index contributed by atoms with van der Waals surface area (Å²) in [6.07, 6.45) is 0. The van der Waals surface area contributed by atoms with Gasteiger partial charge in [0.2, 0.25) is 0 Å².